The smallest absolute Gasteiger partial charge is 0.274 e. The number of pyridine rings is 1. The van der Waals surface area contributed by atoms with Gasteiger partial charge in [0.25, 0.3) is 5.91 Å². The predicted octanol–water partition coefficient (Wildman–Crippen LogP) is 3.18. The van der Waals surface area contributed by atoms with Crippen molar-refractivity contribution in [3.05, 3.63) is 54.4 Å². The van der Waals surface area contributed by atoms with Crippen molar-refractivity contribution in [2.75, 3.05) is 33.3 Å². The van der Waals surface area contributed by atoms with Crippen LogP contribution in [-0.4, -0.2) is 64.4 Å². The Kier molecular flexibility index (Phi) is 5.05. The number of ether oxygens (including phenoxy) is 1. The monoisotopic (exact) mass is 378 g/mol. The number of hydrogen-bond donors (Lipinski definition) is 0. The molecule has 3 heterocycles. The molecule has 146 valence electrons. The number of carbonyl (C=O) groups excluding carboxylic acids is 1. The van der Waals surface area contributed by atoms with Crippen LogP contribution in [0.2, 0.25) is 0 Å². The Bertz CT molecular complexity index is 970. The molecule has 6 heteroatoms. The lowest BCUT2D eigenvalue weighted by atomic mass is 10.1. The predicted molar refractivity (Wildman–Crippen MR) is 110 cm³/mol. The fraction of sp³-hybridized carbons (Fsp3) is 0.364. The van der Waals surface area contributed by atoms with Crippen LogP contribution in [0.4, 0.5) is 0 Å². The third-order valence-electron chi connectivity index (χ3n) is 5.43. The van der Waals surface area contributed by atoms with Gasteiger partial charge < -0.3 is 9.64 Å². The van der Waals surface area contributed by atoms with Crippen molar-refractivity contribution in [3.8, 4) is 17.0 Å². The number of carbonyl (C=O) groups is 1. The van der Waals surface area contributed by atoms with Crippen molar-refractivity contribution >= 4 is 11.6 Å². The van der Waals surface area contributed by atoms with E-state index in [1.54, 1.807) is 7.11 Å². The van der Waals surface area contributed by atoms with Crippen molar-refractivity contribution in [2.45, 2.75) is 19.9 Å². The Morgan fingerprint density at radius 3 is 2.39 bits per heavy atom. The van der Waals surface area contributed by atoms with E-state index in [2.05, 4.69) is 23.7 Å². The zero-order chi connectivity index (χ0) is 19.7. The van der Waals surface area contributed by atoms with E-state index < -0.39 is 0 Å². The van der Waals surface area contributed by atoms with Crippen LogP contribution in [-0.2, 0) is 0 Å². The number of nitrogens with zero attached hydrogens (tertiary/aromatic N) is 4. The quantitative estimate of drug-likeness (QED) is 0.700. The summed E-state index contributed by atoms with van der Waals surface area (Å²) in [4.78, 5) is 22.4. The topological polar surface area (TPSA) is 50.1 Å². The fourth-order valence-corrected chi connectivity index (χ4v) is 3.76. The number of rotatable bonds is 4. The van der Waals surface area contributed by atoms with E-state index >= 15 is 0 Å². The first-order valence-corrected chi connectivity index (χ1v) is 9.73. The van der Waals surface area contributed by atoms with E-state index in [0.717, 1.165) is 48.8 Å². The molecule has 0 unspecified atom stereocenters. The standard InChI is InChI=1S/C22H26N4O2/c1-16(2)24-12-14-25(15-13-24)22(27)20-21(17-7-9-18(28-3)10-8-17)26-11-5-4-6-19(26)23-20/h4-11,16H,12-15H2,1-3H3. The van der Waals surface area contributed by atoms with Gasteiger partial charge in [-0.1, -0.05) is 6.07 Å². The zero-order valence-electron chi connectivity index (χ0n) is 16.6. The van der Waals surface area contributed by atoms with Crippen molar-refractivity contribution in [3.63, 3.8) is 0 Å². The maximum absolute atomic E-state index is 13.4. The first-order valence-electron chi connectivity index (χ1n) is 9.73. The molecule has 1 aliphatic rings. The van der Waals surface area contributed by atoms with Crippen LogP contribution >= 0.6 is 0 Å². The van der Waals surface area contributed by atoms with Crippen LogP contribution in [0.3, 0.4) is 0 Å². The van der Waals surface area contributed by atoms with Gasteiger partial charge in [-0.05, 0) is 50.2 Å². The van der Waals surface area contributed by atoms with Crippen LogP contribution in [0.1, 0.15) is 24.3 Å². The Hall–Kier alpha value is -2.86. The second kappa shape index (κ2) is 7.64. The molecule has 0 N–H and O–H groups in total. The highest BCUT2D eigenvalue weighted by Crippen LogP contribution is 2.28. The van der Waals surface area contributed by atoms with Gasteiger partial charge in [0.15, 0.2) is 5.69 Å². The highest BCUT2D eigenvalue weighted by Gasteiger charge is 2.28. The molecule has 0 spiro atoms. The molecule has 4 rings (SSSR count). The number of piperazine rings is 1. The second-order valence-corrected chi connectivity index (χ2v) is 7.39. The summed E-state index contributed by atoms with van der Waals surface area (Å²) in [5.41, 5.74) is 3.06. The third kappa shape index (κ3) is 3.36. The van der Waals surface area contributed by atoms with Crippen LogP contribution < -0.4 is 4.74 Å². The Morgan fingerprint density at radius 2 is 1.75 bits per heavy atom. The van der Waals surface area contributed by atoms with Crippen molar-refractivity contribution < 1.29 is 9.53 Å². The Balaban J connectivity index is 1.71. The Morgan fingerprint density at radius 1 is 1.04 bits per heavy atom. The lowest BCUT2D eigenvalue weighted by molar-refractivity contribution is 0.0591. The van der Waals surface area contributed by atoms with Crippen LogP contribution in [0.15, 0.2) is 48.7 Å². The van der Waals surface area contributed by atoms with Gasteiger partial charge in [0.05, 0.1) is 12.8 Å². The summed E-state index contributed by atoms with van der Waals surface area (Å²) in [7, 11) is 1.65. The van der Waals surface area contributed by atoms with Gasteiger partial charge in [-0.3, -0.25) is 14.1 Å². The first kappa shape index (κ1) is 18.5. The summed E-state index contributed by atoms with van der Waals surface area (Å²) in [5, 5.41) is 0. The molecule has 6 nitrogen and oxygen atoms in total. The van der Waals surface area contributed by atoms with Crippen LogP contribution in [0.25, 0.3) is 16.9 Å². The van der Waals surface area contributed by atoms with Crippen LogP contribution in [0, 0.1) is 0 Å². The minimum absolute atomic E-state index is 0.00192. The van der Waals surface area contributed by atoms with E-state index in [9.17, 15) is 4.79 Å². The molecule has 1 fully saturated rings. The van der Waals surface area contributed by atoms with Gasteiger partial charge in [-0.25, -0.2) is 4.98 Å². The van der Waals surface area contributed by atoms with Gasteiger partial charge in [0, 0.05) is 44.0 Å². The molecule has 0 saturated carbocycles. The molecule has 1 aromatic carbocycles. The first-order chi connectivity index (χ1) is 13.6. The molecule has 3 aromatic rings. The highest BCUT2D eigenvalue weighted by molar-refractivity contribution is 5.99. The van der Waals surface area contributed by atoms with Crippen molar-refractivity contribution in [1.29, 1.82) is 0 Å². The van der Waals surface area contributed by atoms with E-state index in [1.807, 2.05) is 58.0 Å². The minimum Gasteiger partial charge on any atom is -0.497 e. The molecular formula is C22H26N4O2. The van der Waals surface area contributed by atoms with E-state index in [4.69, 9.17) is 4.74 Å². The number of benzene rings is 1. The molecule has 28 heavy (non-hydrogen) atoms. The molecule has 1 aliphatic heterocycles. The molecule has 0 aliphatic carbocycles. The van der Waals surface area contributed by atoms with Crippen molar-refractivity contribution in [2.24, 2.45) is 0 Å². The molecule has 0 atom stereocenters. The summed E-state index contributed by atoms with van der Waals surface area (Å²) in [6.07, 6.45) is 1.95. The maximum atomic E-state index is 13.4. The van der Waals surface area contributed by atoms with Crippen molar-refractivity contribution in [1.82, 2.24) is 19.2 Å². The highest BCUT2D eigenvalue weighted by atomic mass is 16.5. The number of amides is 1. The van der Waals surface area contributed by atoms with Gasteiger partial charge >= 0.3 is 0 Å². The van der Waals surface area contributed by atoms with Gasteiger partial charge in [0.2, 0.25) is 0 Å². The largest absolute Gasteiger partial charge is 0.497 e. The van der Waals surface area contributed by atoms with E-state index in [0.29, 0.717) is 11.7 Å². The molecule has 0 bridgehead atoms. The average Bonchev–Trinajstić information content (AvgIpc) is 3.13. The second-order valence-electron chi connectivity index (χ2n) is 7.39. The summed E-state index contributed by atoms with van der Waals surface area (Å²) >= 11 is 0. The summed E-state index contributed by atoms with van der Waals surface area (Å²) in [6, 6.07) is 14.1. The number of hydrogen-bond acceptors (Lipinski definition) is 4. The average molecular weight is 378 g/mol. The SMILES string of the molecule is COc1ccc(-c2c(C(=O)N3CCN(C(C)C)CC3)nc3ccccn23)cc1. The third-order valence-corrected chi connectivity index (χ3v) is 5.43. The lowest BCUT2D eigenvalue weighted by Crippen LogP contribution is -2.50. The summed E-state index contributed by atoms with van der Waals surface area (Å²) in [5.74, 6) is 0.785. The number of methoxy groups -OCH3 is 1. The lowest BCUT2D eigenvalue weighted by Gasteiger charge is -2.36. The zero-order valence-corrected chi connectivity index (χ0v) is 16.6. The molecule has 2 aromatic heterocycles. The van der Waals surface area contributed by atoms with Crippen LogP contribution in [0.5, 0.6) is 5.75 Å². The summed E-state index contributed by atoms with van der Waals surface area (Å²) in [6.45, 7) is 7.64. The fourth-order valence-electron chi connectivity index (χ4n) is 3.76. The maximum Gasteiger partial charge on any atom is 0.274 e. The molecule has 1 saturated heterocycles. The minimum atomic E-state index is -0.00192. The molecule has 0 radical (unpaired) electrons. The number of imidazole rings is 1. The van der Waals surface area contributed by atoms with E-state index in [1.165, 1.54) is 0 Å². The summed E-state index contributed by atoms with van der Waals surface area (Å²) < 4.78 is 7.26. The van der Waals surface area contributed by atoms with Gasteiger partial charge in [-0.2, -0.15) is 0 Å². The molecule has 1 amide bonds. The Labute approximate surface area is 165 Å². The number of fused-ring (bicyclic) bond motifs is 1. The van der Waals surface area contributed by atoms with Gasteiger partial charge in [0.1, 0.15) is 11.4 Å². The normalized spacial score (nSPS) is 15.4. The van der Waals surface area contributed by atoms with Gasteiger partial charge in [-0.15, -0.1) is 0 Å². The van der Waals surface area contributed by atoms with E-state index in [-0.39, 0.29) is 5.91 Å². The number of aromatic nitrogens is 2. The molecular weight excluding hydrogens is 352 g/mol.